The highest BCUT2D eigenvalue weighted by atomic mass is 16.5. The van der Waals surface area contributed by atoms with Gasteiger partial charge in [0, 0.05) is 18.7 Å². The van der Waals surface area contributed by atoms with Gasteiger partial charge in [-0.05, 0) is 43.5 Å². The summed E-state index contributed by atoms with van der Waals surface area (Å²) < 4.78 is 5.89. The van der Waals surface area contributed by atoms with Gasteiger partial charge in [0.15, 0.2) is 0 Å². The molecule has 0 saturated heterocycles. The van der Waals surface area contributed by atoms with Crippen molar-refractivity contribution >= 4 is 17.5 Å². The summed E-state index contributed by atoms with van der Waals surface area (Å²) in [5, 5.41) is 5.75. The molecule has 0 radical (unpaired) electrons. The maximum atomic E-state index is 12.5. The Labute approximate surface area is 166 Å². The van der Waals surface area contributed by atoms with E-state index in [0.29, 0.717) is 36.1 Å². The molecule has 1 aliphatic rings. The van der Waals surface area contributed by atoms with E-state index in [0.717, 1.165) is 19.3 Å². The molecule has 0 aliphatic heterocycles. The summed E-state index contributed by atoms with van der Waals surface area (Å²) in [4.78, 5) is 24.9. The molecule has 5 heteroatoms. The molecule has 1 fully saturated rings. The van der Waals surface area contributed by atoms with Crippen LogP contribution in [-0.2, 0) is 4.74 Å². The van der Waals surface area contributed by atoms with E-state index in [1.54, 1.807) is 36.4 Å². The van der Waals surface area contributed by atoms with E-state index in [1.165, 1.54) is 19.3 Å². The first-order chi connectivity index (χ1) is 13.7. The largest absolute Gasteiger partial charge is 0.378 e. The van der Waals surface area contributed by atoms with Gasteiger partial charge >= 0.3 is 0 Å². The van der Waals surface area contributed by atoms with E-state index in [4.69, 9.17) is 4.74 Å². The highest BCUT2D eigenvalue weighted by Crippen LogP contribution is 2.20. The number of carbonyl (C=O) groups is 2. The number of hydrogen-bond donors (Lipinski definition) is 2. The number of rotatable bonds is 8. The maximum Gasteiger partial charge on any atom is 0.255 e. The number of anilines is 1. The molecule has 3 rings (SSSR count). The van der Waals surface area contributed by atoms with Gasteiger partial charge in [0.1, 0.15) is 0 Å². The number of ether oxygens (including phenoxy) is 1. The molecule has 0 atom stereocenters. The van der Waals surface area contributed by atoms with E-state index in [1.807, 2.05) is 18.2 Å². The first-order valence-corrected chi connectivity index (χ1v) is 10.1. The van der Waals surface area contributed by atoms with Gasteiger partial charge in [0.2, 0.25) is 0 Å². The highest BCUT2D eigenvalue weighted by molar-refractivity contribution is 6.08. The third-order valence-electron chi connectivity index (χ3n) is 4.97. The SMILES string of the molecule is O=C(Nc1ccccc1C(=O)NCCCOC1CCCCC1)c1ccccc1. The van der Waals surface area contributed by atoms with Crippen LogP contribution in [0.2, 0.25) is 0 Å². The van der Waals surface area contributed by atoms with Crippen molar-refractivity contribution in [2.45, 2.75) is 44.6 Å². The lowest BCUT2D eigenvalue weighted by atomic mass is 9.98. The molecular weight excluding hydrogens is 352 g/mol. The van der Waals surface area contributed by atoms with Gasteiger partial charge in [-0.1, -0.05) is 49.6 Å². The molecule has 1 saturated carbocycles. The topological polar surface area (TPSA) is 67.4 Å². The zero-order valence-electron chi connectivity index (χ0n) is 16.2. The summed E-state index contributed by atoms with van der Waals surface area (Å²) in [7, 11) is 0. The average molecular weight is 380 g/mol. The number of para-hydroxylation sites is 1. The number of nitrogens with one attached hydrogen (secondary N) is 2. The van der Waals surface area contributed by atoms with Gasteiger partial charge in [-0.2, -0.15) is 0 Å². The molecule has 148 valence electrons. The van der Waals surface area contributed by atoms with Crippen LogP contribution in [0.25, 0.3) is 0 Å². The van der Waals surface area contributed by atoms with Crippen molar-refractivity contribution in [2.75, 3.05) is 18.5 Å². The fraction of sp³-hybridized carbons (Fsp3) is 0.391. The third kappa shape index (κ3) is 5.92. The maximum absolute atomic E-state index is 12.5. The second kappa shape index (κ2) is 10.6. The second-order valence-electron chi connectivity index (χ2n) is 7.11. The first-order valence-electron chi connectivity index (χ1n) is 10.1. The van der Waals surface area contributed by atoms with Gasteiger partial charge < -0.3 is 15.4 Å². The minimum Gasteiger partial charge on any atom is -0.378 e. The Morgan fingerprint density at radius 3 is 2.39 bits per heavy atom. The van der Waals surface area contributed by atoms with Crippen LogP contribution in [0.15, 0.2) is 54.6 Å². The summed E-state index contributed by atoms with van der Waals surface area (Å²) >= 11 is 0. The van der Waals surface area contributed by atoms with E-state index in [9.17, 15) is 9.59 Å². The quantitative estimate of drug-likeness (QED) is 0.667. The van der Waals surface area contributed by atoms with Crippen LogP contribution in [0.4, 0.5) is 5.69 Å². The summed E-state index contributed by atoms with van der Waals surface area (Å²) in [5.74, 6) is -0.427. The third-order valence-corrected chi connectivity index (χ3v) is 4.97. The van der Waals surface area contributed by atoms with Crippen LogP contribution in [0, 0.1) is 0 Å². The molecule has 0 heterocycles. The molecule has 5 nitrogen and oxygen atoms in total. The highest BCUT2D eigenvalue weighted by Gasteiger charge is 2.15. The summed E-state index contributed by atoms with van der Waals surface area (Å²) in [6, 6.07) is 16.0. The monoisotopic (exact) mass is 380 g/mol. The molecule has 0 aromatic heterocycles. The van der Waals surface area contributed by atoms with Crippen molar-refractivity contribution in [3.8, 4) is 0 Å². The van der Waals surface area contributed by atoms with E-state index >= 15 is 0 Å². The number of hydrogen-bond acceptors (Lipinski definition) is 3. The van der Waals surface area contributed by atoms with Crippen molar-refractivity contribution in [1.82, 2.24) is 5.32 Å². The molecule has 2 N–H and O–H groups in total. The van der Waals surface area contributed by atoms with Gasteiger partial charge in [0.25, 0.3) is 11.8 Å². The molecule has 2 aromatic rings. The lowest BCUT2D eigenvalue weighted by Crippen LogP contribution is -2.27. The van der Waals surface area contributed by atoms with Crippen LogP contribution in [0.3, 0.4) is 0 Å². The molecule has 0 bridgehead atoms. The molecule has 2 aromatic carbocycles. The fourth-order valence-corrected chi connectivity index (χ4v) is 3.43. The molecular formula is C23H28N2O3. The Bertz CT molecular complexity index is 770. The van der Waals surface area contributed by atoms with Crippen LogP contribution < -0.4 is 10.6 Å². The van der Waals surface area contributed by atoms with Gasteiger partial charge in [-0.15, -0.1) is 0 Å². The smallest absolute Gasteiger partial charge is 0.255 e. The normalized spacial score (nSPS) is 14.4. The van der Waals surface area contributed by atoms with Gasteiger partial charge in [-0.3, -0.25) is 9.59 Å². The van der Waals surface area contributed by atoms with Crippen molar-refractivity contribution in [3.05, 3.63) is 65.7 Å². The van der Waals surface area contributed by atoms with E-state index in [-0.39, 0.29) is 11.8 Å². The van der Waals surface area contributed by atoms with Crippen molar-refractivity contribution < 1.29 is 14.3 Å². The lowest BCUT2D eigenvalue weighted by Gasteiger charge is -2.21. The minimum absolute atomic E-state index is 0.193. The number of carbonyl (C=O) groups excluding carboxylic acids is 2. The molecule has 28 heavy (non-hydrogen) atoms. The Balaban J connectivity index is 1.47. The van der Waals surface area contributed by atoms with Gasteiger partial charge in [-0.25, -0.2) is 0 Å². The zero-order valence-corrected chi connectivity index (χ0v) is 16.2. The van der Waals surface area contributed by atoms with Crippen LogP contribution in [0.1, 0.15) is 59.2 Å². The number of amides is 2. The fourth-order valence-electron chi connectivity index (χ4n) is 3.43. The molecule has 0 spiro atoms. The second-order valence-corrected chi connectivity index (χ2v) is 7.11. The Kier molecular flexibility index (Phi) is 7.62. The number of benzene rings is 2. The molecule has 0 unspecified atom stereocenters. The molecule has 1 aliphatic carbocycles. The predicted molar refractivity (Wildman–Crippen MR) is 111 cm³/mol. The zero-order chi connectivity index (χ0) is 19.6. The van der Waals surface area contributed by atoms with Gasteiger partial charge in [0.05, 0.1) is 17.4 Å². The Morgan fingerprint density at radius 1 is 0.893 bits per heavy atom. The van der Waals surface area contributed by atoms with Crippen molar-refractivity contribution in [2.24, 2.45) is 0 Å². The van der Waals surface area contributed by atoms with E-state index in [2.05, 4.69) is 10.6 Å². The predicted octanol–water partition coefficient (Wildman–Crippen LogP) is 4.41. The summed E-state index contributed by atoms with van der Waals surface area (Å²) in [6.45, 7) is 1.21. The van der Waals surface area contributed by atoms with Crippen LogP contribution in [0.5, 0.6) is 0 Å². The van der Waals surface area contributed by atoms with Crippen molar-refractivity contribution in [1.29, 1.82) is 0 Å². The van der Waals surface area contributed by atoms with Crippen molar-refractivity contribution in [3.63, 3.8) is 0 Å². The molecule has 2 amide bonds. The van der Waals surface area contributed by atoms with Crippen LogP contribution >= 0.6 is 0 Å². The Hall–Kier alpha value is -2.66. The summed E-state index contributed by atoms with van der Waals surface area (Å²) in [6.07, 6.45) is 7.30. The standard InChI is InChI=1S/C23H28N2O3/c26-22(18-10-3-1-4-11-18)25-21-15-8-7-14-20(21)23(27)24-16-9-17-28-19-12-5-2-6-13-19/h1,3-4,7-8,10-11,14-15,19H,2,5-6,9,12-13,16-17H2,(H,24,27)(H,25,26). The average Bonchev–Trinajstić information content (AvgIpc) is 2.75. The van der Waals surface area contributed by atoms with E-state index < -0.39 is 0 Å². The summed E-state index contributed by atoms with van der Waals surface area (Å²) in [5.41, 5.74) is 1.52. The lowest BCUT2D eigenvalue weighted by molar-refractivity contribution is 0.0273. The minimum atomic E-state index is -0.235. The first kappa shape index (κ1) is 20.1. The van der Waals surface area contributed by atoms with Crippen LogP contribution in [-0.4, -0.2) is 31.1 Å². The Morgan fingerprint density at radius 2 is 1.61 bits per heavy atom.